The summed E-state index contributed by atoms with van der Waals surface area (Å²) in [4.78, 5) is 25.7. The lowest BCUT2D eigenvalue weighted by molar-refractivity contribution is -0.137. The molecule has 4 rings (SSSR count). The Bertz CT molecular complexity index is 1190. The average molecular weight is 560 g/mol. The van der Waals surface area contributed by atoms with Crippen molar-refractivity contribution in [3.8, 4) is 0 Å². The van der Waals surface area contributed by atoms with Crippen molar-refractivity contribution in [1.82, 2.24) is 16.0 Å². The second-order valence-electron chi connectivity index (χ2n) is 9.61. The van der Waals surface area contributed by atoms with Crippen LogP contribution in [0.1, 0.15) is 58.6 Å². The van der Waals surface area contributed by atoms with Gasteiger partial charge in [0, 0.05) is 24.1 Å². The van der Waals surface area contributed by atoms with Gasteiger partial charge in [-0.1, -0.05) is 60.7 Å². The molecular weight excluding hydrogens is 527 g/mol. The van der Waals surface area contributed by atoms with Crippen LogP contribution in [0.3, 0.4) is 0 Å². The summed E-state index contributed by atoms with van der Waals surface area (Å²) in [6.45, 7) is 1.12. The van der Waals surface area contributed by atoms with Gasteiger partial charge in [0.2, 0.25) is 5.91 Å². The van der Waals surface area contributed by atoms with Gasteiger partial charge in [0.25, 0.3) is 5.91 Å². The van der Waals surface area contributed by atoms with Crippen LogP contribution in [0.15, 0.2) is 84.9 Å². The minimum atomic E-state index is -4.48. The van der Waals surface area contributed by atoms with E-state index in [1.54, 1.807) is 0 Å². The normalized spacial score (nSPS) is 17.0. The van der Waals surface area contributed by atoms with Gasteiger partial charge < -0.3 is 16.0 Å². The summed E-state index contributed by atoms with van der Waals surface area (Å²) in [5.41, 5.74) is 1.51. The molecule has 0 bridgehead atoms. The van der Waals surface area contributed by atoms with Crippen molar-refractivity contribution in [3.63, 3.8) is 0 Å². The van der Waals surface area contributed by atoms with Crippen LogP contribution in [0.4, 0.5) is 13.2 Å². The van der Waals surface area contributed by atoms with E-state index >= 15 is 0 Å². The van der Waals surface area contributed by atoms with Crippen LogP contribution in [0.2, 0.25) is 0 Å². The number of halogens is 4. The van der Waals surface area contributed by atoms with Crippen molar-refractivity contribution in [2.45, 2.75) is 56.4 Å². The molecule has 9 heteroatoms. The predicted octanol–water partition coefficient (Wildman–Crippen LogP) is 5.86. The van der Waals surface area contributed by atoms with Gasteiger partial charge in [0.05, 0.1) is 5.56 Å². The SMILES string of the molecule is Cl.O=C(NC(CCCCN[C@@H]1C[C@H]1c1ccccc1)C(=O)NCc1ccccc1)c1ccc(C(F)(F)F)cc1. The number of benzene rings is 3. The molecule has 208 valence electrons. The number of carbonyl (C=O) groups excluding carboxylic acids is 2. The third-order valence-electron chi connectivity index (χ3n) is 6.75. The maximum absolute atomic E-state index is 13.0. The molecule has 0 heterocycles. The molecule has 1 unspecified atom stereocenters. The highest BCUT2D eigenvalue weighted by atomic mass is 35.5. The Hall–Kier alpha value is -3.36. The number of hydrogen-bond acceptors (Lipinski definition) is 3. The second kappa shape index (κ2) is 14.1. The smallest absolute Gasteiger partial charge is 0.350 e. The summed E-state index contributed by atoms with van der Waals surface area (Å²) in [5, 5.41) is 9.13. The first kappa shape index (κ1) is 30.2. The Morgan fingerprint density at radius 2 is 1.51 bits per heavy atom. The van der Waals surface area contributed by atoms with Gasteiger partial charge in [0.15, 0.2) is 0 Å². The van der Waals surface area contributed by atoms with Gasteiger partial charge in [-0.2, -0.15) is 13.2 Å². The van der Waals surface area contributed by atoms with Crippen LogP contribution in [0.25, 0.3) is 0 Å². The average Bonchev–Trinajstić information content (AvgIpc) is 3.71. The van der Waals surface area contributed by atoms with Gasteiger partial charge in [-0.3, -0.25) is 9.59 Å². The van der Waals surface area contributed by atoms with Crippen molar-refractivity contribution in [2.75, 3.05) is 6.54 Å². The van der Waals surface area contributed by atoms with Gasteiger partial charge in [-0.25, -0.2) is 0 Å². The van der Waals surface area contributed by atoms with Crippen LogP contribution in [-0.2, 0) is 17.5 Å². The number of nitrogens with one attached hydrogen (secondary N) is 3. The molecule has 3 atom stereocenters. The number of unbranched alkanes of at least 4 members (excludes halogenated alkanes) is 1. The first-order valence-electron chi connectivity index (χ1n) is 12.9. The third kappa shape index (κ3) is 9.11. The summed E-state index contributed by atoms with van der Waals surface area (Å²) in [7, 11) is 0. The highest BCUT2D eigenvalue weighted by Gasteiger charge is 2.37. The van der Waals surface area contributed by atoms with Crippen molar-refractivity contribution < 1.29 is 22.8 Å². The molecule has 1 fully saturated rings. The Morgan fingerprint density at radius 1 is 0.872 bits per heavy atom. The third-order valence-corrected chi connectivity index (χ3v) is 6.75. The van der Waals surface area contributed by atoms with E-state index in [0.29, 0.717) is 31.3 Å². The Kier molecular flexibility index (Phi) is 10.9. The largest absolute Gasteiger partial charge is 0.416 e. The van der Waals surface area contributed by atoms with E-state index in [1.165, 1.54) is 5.56 Å². The number of amides is 2. The van der Waals surface area contributed by atoms with E-state index in [1.807, 2.05) is 48.5 Å². The van der Waals surface area contributed by atoms with Crippen LogP contribution in [-0.4, -0.2) is 30.4 Å². The van der Waals surface area contributed by atoms with E-state index < -0.39 is 23.7 Å². The molecule has 0 saturated heterocycles. The second-order valence-corrected chi connectivity index (χ2v) is 9.61. The number of alkyl halides is 3. The Morgan fingerprint density at radius 3 is 2.15 bits per heavy atom. The molecule has 0 aromatic heterocycles. The molecule has 1 saturated carbocycles. The number of rotatable bonds is 12. The monoisotopic (exact) mass is 559 g/mol. The zero-order chi connectivity index (χ0) is 27.0. The van der Waals surface area contributed by atoms with Crippen molar-refractivity contribution in [2.24, 2.45) is 0 Å². The molecule has 3 N–H and O–H groups in total. The fraction of sp³-hybridized carbons (Fsp3) is 0.333. The Labute approximate surface area is 233 Å². The fourth-order valence-corrected chi connectivity index (χ4v) is 4.48. The molecule has 39 heavy (non-hydrogen) atoms. The zero-order valence-electron chi connectivity index (χ0n) is 21.4. The molecule has 0 aliphatic heterocycles. The van der Waals surface area contributed by atoms with E-state index in [-0.39, 0.29) is 23.9 Å². The maximum atomic E-state index is 13.0. The molecular formula is C30H33ClF3N3O2. The van der Waals surface area contributed by atoms with Crippen LogP contribution < -0.4 is 16.0 Å². The standard InChI is InChI=1S/C30H32F3N3O2.ClH/c31-30(32,33)24-16-14-23(15-17-24)28(37)36-26(29(38)35-20-21-9-3-1-4-10-21)13-7-8-18-34-27-19-25(27)22-11-5-2-6-12-22;/h1-6,9-12,14-17,25-27,34H,7-8,13,18-20H2,(H,35,38)(H,36,37);1H/t25-,26?,27+;/m0./s1. The minimum Gasteiger partial charge on any atom is -0.350 e. The van der Waals surface area contributed by atoms with Gasteiger partial charge in [-0.05, 0) is 67.6 Å². The molecule has 0 radical (unpaired) electrons. The van der Waals surface area contributed by atoms with Crippen LogP contribution in [0.5, 0.6) is 0 Å². The van der Waals surface area contributed by atoms with E-state index in [4.69, 9.17) is 0 Å². The van der Waals surface area contributed by atoms with E-state index in [9.17, 15) is 22.8 Å². The molecule has 1 aliphatic rings. The molecule has 0 spiro atoms. The minimum absolute atomic E-state index is 0. The van der Waals surface area contributed by atoms with E-state index in [2.05, 4.69) is 28.1 Å². The predicted molar refractivity (Wildman–Crippen MR) is 148 cm³/mol. The zero-order valence-corrected chi connectivity index (χ0v) is 22.2. The van der Waals surface area contributed by atoms with Gasteiger partial charge >= 0.3 is 6.18 Å². The van der Waals surface area contributed by atoms with Crippen molar-refractivity contribution in [1.29, 1.82) is 0 Å². The Balaban J connectivity index is 0.00000420. The lowest BCUT2D eigenvalue weighted by atomic mass is 10.1. The molecule has 5 nitrogen and oxygen atoms in total. The molecule has 1 aliphatic carbocycles. The first-order valence-corrected chi connectivity index (χ1v) is 12.9. The van der Waals surface area contributed by atoms with Crippen molar-refractivity contribution in [3.05, 3.63) is 107 Å². The summed E-state index contributed by atoms with van der Waals surface area (Å²) in [6.07, 6.45) is -1.42. The maximum Gasteiger partial charge on any atom is 0.416 e. The number of carbonyl (C=O) groups is 2. The van der Waals surface area contributed by atoms with Crippen LogP contribution in [0, 0.1) is 0 Å². The number of hydrogen-bond donors (Lipinski definition) is 3. The summed E-state index contributed by atoms with van der Waals surface area (Å²) in [5.74, 6) is -0.371. The first-order chi connectivity index (χ1) is 18.3. The molecule has 3 aromatic carbocycles. The fourth-order valence-electron chi connectivity index (χ4n) is 4.48. The quantitative estimate of drug-likeness (QED) is 0.244. The summed E-state index contributed by atoms with van der Waals surface area (Å²) < 4.78 is 38.6. The van der Waals surface area contributed by atoms with E-state index in [0.717, 1.165) is 49.2 Å². The van der Waals surface area contributed by atoms with Crippen molar-refractivity contribution >= 4 is 24.2 Å². The topological polar surface area (TPSA) is 70.2 Å². The summed E-state index contributed by atoms with van der Waals surface area (Å²) >= 11 is 0. The van der Waals surface area contributed by atoms with Crippen LogP contribution >= 0.6 is 12.4 Å². The lowest BCUT2D eigenvalue weighted by Gasteiger charge is -2.19. The molecule has 3 aromatic rings. The molecule has 2 amide bonds. The lowest BCUT2D eigenvalue weighted by Crippen LogP contribution is -2.46. The highest BCUT2D eigenvalue weighted by molar-refractivity contribution is 5.97. The highest BCUT2D eigenvalue weighted by Crippen LogP contribution is 2.40. The summed E-state index contributed by atoms with van der Waals surface area (Å²) in [6, 6.07) is 23.5. The van der Waals surface area contributed by atoms with Gasteiger partial charge in [0.1, 0.15) is 6.04 Å². The van der Waals surface area contributed by atoms with Gasteiger partial charge in [-0.15, -0.1) is 12.4 Å².